The quantitative estimate of drug-likeness (QED) is 0.651. The highest BCUT2D eigenvalue weighted by molar-refractivity contribution is 5.78. The Morgan fingerprint density at radius 3 is 2.70 bits per heavy atom. The predicted molar refractivity (Wildman–Crippen MR) is 73.0 cm³/mol. The van der Waals surface area contributed by atoms with Crippen LogP contribution >= 0.6 is 0 Å². The summed E-state index contributed by atoms with van der Waals surface area (Å²) in [5, 5.41) is 13.4. The minimum absolute atomic E-state index is 0.0196. The number of nitrogens with zero attached hydrogens (tertiary/aromatic N) is 2. The standard InChI is InChI=1S/C13H14F3N3O4/c14-13(15,16)9-5-10(19(21)22)7-11(6-9)23-4-3-18-2-1-17-12(20)8-18/h5-7H,1-4,8H2,(H,17,20). The van der Waals surface area contributed by atoms with Crippen molar-refractivity contribution in [2.75, 3.05) is 32.8 Å². The van der Waals surface area contributed by atoms with Gasteiger partial charge in [-0.3, -0.25) is 19.8 Å². The third-order valence-corrected chi connectivity index (χ3v) is 3.22. The van der Waals surface area contributed by atoms with Crippen molar-refractivity contribution >= 4 is 11.6 Å². The van der Waals surface area contributed by atoms with Gasteiger partial charge in [0.05, 0.1) is 23.1 Å². The van der Waals surface area contributed by atoms with E-state index in [1.54, 1.807) is 4.90 Å². The van der Waals surface area contributed by atoms with Crippen LogP contribution in [0.15, 0.2) is 18.2 Å². The molecule has 23 heavy (non-hydrogen) atoms. The largest absolute Gasteiger partial charge is 0.492 e. The zero-order valence-corrected chi connectivity index (χ0v) is 11.9. The Bertz CT molecular complexity index is 607. The Labute approximate surface area is 129 Å². The Morgan fingerprint density at radius 2 is 2.09 bits per heavy atom. The molecule has 0 saturated carbocycles. The molecule has 0 atom stereocenters. The number of carbonyl (C=O) groups is 1. The van der Waals surface area contributed by atoms with E-state index < -0.39 is 22.4 Å². The Kier molecular flexibility index (Phi) is 5.04. The van der Waals surface area contributed by atoms with Gasteiger partial charge >= 0.3 is 6.18 Å². The van der Waals surface area contributed by atoms with Gasteiger partial charge in [-0.1, -0.05) is 0 Å². The SMILES string of the molecule is O=C1CN(CCOc2cc([N+](=O)[O-])cc(C(F)(F)F)c2)CCN1. The molecule has 10 heteroatoms. The zero-order valence-electron chi connectivity index (χ0n) is 11.9. The van der Waals surface area contributed by atoms with Crippen LogP contribution in [0.1, 0.15) is 5.56 Å². The first-order valence-corrected chi connectivity index (χ1v) is 6.74. The minimum Gasteiger partial charge on any atom is -0.492 e. The molecule has 1 heterocycles. The highest BCUT2D eigenvalue weighted by Crippen LogP contribution is 2.34. The normalized spacial score (nSPS) is 16.0. The van der Waals surface area contributed by atoms with Gasteiger partial charge < -0.3 is 10.1 Å². The predicted octanol–water partition coefficient (Wildman–Crippen LogP) is 1.42. The molecule has 1 aromatic carbocycles. The molecule has 0 aromatic heterocycles. The second kappa shape index (κ2) is 6.82. The smallest absolute Gasteiger partial charge is 0.416 e. The molecule has 1 saturated heterocycles. The maximum Gasteiger partial charge on any atom is 0.416 e. The van der Waals surface area contributed by atoms with Crippen LogP contribution in [0.5, 0.6) is 5.75 Å². The van der Waals surface area contributed by atoms with Crippen molar-refractivity contribution in [1.29, 1.82) is 0 Å². The number of amides is 1. The summed E-state index contributed by atoms with van der Waals surface area (Å²) in [6.45, 7) is 1.64. The number of hydrogen-bond acceptors (Lipinski definition) is 5. The molecule has 1 aromatic rings. The molecular formula is C13H14F3N3O4. The maximum atomic E-state index is 12.7. The molecule has 7 nitrogen and oxygen atoms in total. The van der Waals surface area contributed by atoms with Crippen LogP contribution in [-0.2, 0) is 11.0 Å². The van der Waals surface area contributed by atoms with Gasteiger partial charge in [-0.25, -0.2) is 0 Å². The average Bonchev–Trinajstić information content (AvgIpc) is 2.46. The molecule has 0 spiro atoms. The molecule has 0 unspecified atom stereocenters. The van der Waals surface area contributed by atoms with E-state index in [0.717, 1.165) is 12.1 Å². The topological polar surface area (TPSA) is 84.7 Å². The number of piperazine rings is 1. The van der Waals surface area contributed by atoms with Gasteiger partial charge in [0, 0.05) is 25.7 Å². The highest BCUT2D eigenvalue weighted by Gasteiger charge is 2.33. The number of halogens is 3. The number of hydrogen-bond donors (Lipinski definition) is 1. The van der Waals surface area contributed by atoms with Crippen molar-refractivity contribution in [1.82, 2.24) is 10.2 Å². The first-order chi connectivity index (χ1) is 10.8. The lowest BCUT2D eigenvalue weighted by Gasteiger charge is -2.26. The van der Waals surface area contributed by atoms with Crippen LogP contribution in [-0.4, -0.2) is 48.5 Å². The number of nitro benzene ring substituents is 1. The first kappa shape index (κ1) is 17.0. The molecule has 1 fully saturated rings. The molecule has 1 aliphatic heterocycles. The number of carbonyl (C=O) groups excluding carboxylic acids is 1. The highest BCUT2D eigenvalue weighted by atomic mass is 19.4. The average molecular weight is 333 g/mol. The summed E-state index contributed by atoms with van der Waals surface area (Å²) in [5.41, 5.74) is -1.83. The molecule has 1 N–H and O–H groups in total. The number of rotatable bonds is 5. The summed E-state index contributed by atoms with van der Waals surface area (Å²) in [6.07, 6.45) is -4.70. The Hall–Kier alpha value is -2.36. The number of alkyl halides is 3. The zero-order chi connectivity index (χ0) is 17.0. The van der Waals surface area contributed by atoms with Gasteiger partial charge in [0.2, 0.25) is 5.91 Å². The summed E-state index contributed by atoms with van der Waals surface area (Å²) >= 11 is 0. The lowest BCUT2D eigenvalue weighted by molar-refractivity contribution is -0.385. The number of nitro groups is 1. The van der Waals surface area contributed by atoms with E-state index in [-0.39, 0.29) is 24.8 Å². The fourth-order valence-corrected chi connectivity index (χ4v) is 2.11. The lowest BCUT2D eigenvalue weighted by atomic mass is 10.2. The van der Waals surface area contributed by atoms with Crippen LogP contribution in [0.4, 0.5) is 18.9 Å². The molecule has 1 amide bonds. The van der Waals surface area contributed by atoms with Gasteiger partial charge in [-0.2, -0.15) is 13.2 Å². The van der Waals surface area contributed by atoms with E-state index in [9.17, 15) is 28.1 Å². The number of benzene rings is 1. The first-order valence-electron chi connectivity index (χ1n) is 6.74. The van der Waals surface area contributed by atoms with Crippen LogP contribution in [0.25, 0.3) is 0 Å². The Balaban J connectivity index is 2.02. The maximum absolute atomic E-state index is 12.7. The summed E-state index contributed by atoms with van der Waals surface area (Å²) in [4.78, 5) is 22.8. The van der Waals surface area contributed by atoms with Crippen LogP contribution in [0.2, 0.25) is 0 Å². The second-order valence-corrected chi connectivity index (χ2v) is 4.95. The summed E-state index contributed by atoms with van der Waals surface area (Å²) in [7, 11) is 0. The Morgan fingerprint density at radius 1 is 1.35 bits per heavy atom. The third-order valence-electron chi connectivity index (χ3n) is 3.22. The van der Waals surface area contributed by atoms with E-state index >= 15 is 0 Å². The van der Waals surface area contributed by atoms with Crippen molar-refractivity contribution in [2.45, 2.75) is 6.18 Å². The third kappa shape index (κ3) is 4.81. The number of ether oxygens (including phenoxy) is 1. The van der Waals surface area contributed by atoms with Gasteiger partial charge in [-0.15, -0.1) is 0 Å². The monoisotopic (exact) mass is 333 g/mol. The van der Waals surface area contributed by atoms with Gasteiger partial charge in [-0.05, 0) is 6.07 Å². The van der Waals surface area contributed by atoms with Crippen molar-refractivity contribution in [3.63, 3.8) is 0 Å². The molecule has 1 aliphatic rings. The number of non-ortho nitro benzene ring substituents is 1. The van der Waals surface area contributed by atoms with E-state index in [0.29, 0.717) is 25.7 Å². The summed E-state index contributed by atoms with van der Waals surface area (Å²) in [5.74, 6) is -0.362. The molecule has 0 bridgehead atoms. The van der Waals surface area contributed by atoms with Crippen molar-refractivity contribution in [2.24, 2.45) is 0 Å². The fourth-order valence-electron chi connectivity index (χ4n) is 2.11. The van der Waals surface area contributed by atoms with E-state index in [2.05, 4.69) is 5.32 Å². The van der Waals surface area contributed by atoms with E-state index in [1.807, 2.05) is 0 Å². The van der Waals surface area contributed by atoms with Gasteiger partial charge in [0.15, 0.2) is 0 Å². The number of nitrogens with one attached hydrogen (secondary N) is 1. The second-order valence-electron chi connectivity index (χ2n) is 4.95. The van der Waals surface area contributed by atoms with Crippen molar-refractivity contribution in [3.8, 4) is 5.75 Å². The van der Waals surface area contributed by atoms with E-state index in [1.165, 1.54) is 0 Å². The molecular weight excluding hydrogens is 319 g/mol. The van der Waals surface area contributed by atoms with Crippen LogP contribution < -0.4 is 10.1 Å². The van der Waals surface area contributed by atoms with Gasteiger partial charge in [0.1, 0.15) is 12.4 Å². The molecule has 0 aliphatic carbocycles. The molecule has 126 valence electrons. The molecule has 0 radical (unpaired) electrons. The summed E-state index contributed by atoms with van der Waals surface area (Å²) < 4.78 is 43.4. The van der Waals surface area contributed by atoms with Crippen LogP contribution in [0, 0.1) is 10.1 Å². The lowest BCUT2D eigenvalue weighted by Crippen LogP contribution is -2.48. The molecule has 2 rings (SSSR count). The summed E-state index contributed by atoms with van der Waals surface area (Å²) in [6, 6.07) is 2.12. The van der Waals surface area contributed by atoms with E-state index in [4.69, 9.17) is 4.74 Å². The minimum atomic E-state index is -4.70. The van der Waals surface area contributed by atoms with Crippen molar-refractivity contribution in [3.05, 3.63) is 33.9 Å². The van der Waals surface area contributed by atoms with Crippen molar-refractivity contribution < 1.29 is 27.6 Å². The van der Waals surface area contributed by atoms with Gasteiger partial charge in [0.25, 0.3) is 5.69 Å². The van der Waals surface area contributed by atoms with Crippen LogP contribution in [0.3, 0.4) is 0 Å². The fraction of sp³-hybridized carbons (Fsp3) is 0.462.